The maximum absolute atomic E-state index is 9.19. The minimum atomic E-state index is -0.0687. The predicted molar refractivity (Wildman–Crippen MR) is 85.9 cm³/mol. The molecule has 118 valence electrons. The van der Waals surface area contributed by atoms with Gasteiger partial charge in [-0.3, -0.25) is 4.90 Å². The molecule has 1 aliphatic heterocycles. The van der Waals surface area contributed by atoms with Gasteiger partial charge < -0.3 is 14.4 Å². The summed E-state index contributed by atoms with van der Waals surface area (Å²) in [6, 6.07) is 5.48. The number of aliphatic hydroxyl groups is 1. The van der Waals surface area contributed by atoms with Gasteiger partial charge in [0.1, 0.15) is 24.8 Å². The van der Waals surface area contributed by atoms with Crippen LogP contribution in [0.4, 0.5) is 0 Å². The highest BCUT2D eigenvalue weighted by Gasteiger charge is 2.20. The van der Waals surface area contributed by atoms with Gasteiger partial charge in [-0.15, -0.1) is 10.2 Å². The van der Waals surface area contributed by atoms with Crippen molar-refractivity contribution in [2.45, 2.75) is 19.7 Å². The highest BCUT2D eigenvalue weighted by atomic mass is 79.9. The summed E-state index contributed by atoms with van der Waals surface area (Å²) in [5, 5.41) is 18.0. The molecular weight excluding hydrogens is 372 g/mol. The van der Waals surface area contributed by atoms with Crippen LogP contribution >= 0.6 is 27.5 Å². The minimum Gasteiger partial charge on any atom is -0.491 e. The number of rotatable bonds is 5. The highest BCUT2D eigenvalue weighted by Crippen LogP contribution is 2.27. The molecule has 0 unspecified atom stereocenters. The monoisotopic (exact) mass is 386 g/mol. The van der Waals surface area contributed by atoms with E-state index in [9.17, 15) is 5.11 Å². The van der Waals surface area contributed by atoms with E-state index in [1.165, 1.54) is 0 Å². The molecule has 0 fully saturated rings. The number of aliphatic hydroxyl groups excluding tert-OH is 1. The molecule has 1 N–H and O–H groups in total. The molecule has 0 saturated heterocycles. The lowest BCUT2D eigenvalue weighted by Crippen LogP contribution is -2.37. The summed E-state index contributed by atoms with van der Waals surface area (Å²) in [6.07, 6.45) is 0. The van der Waals surface area contributed by atoms with E-state index in [0.717, 1.165) is 42.2 Å². The van der Waals surface area contributed by atoms with Gasteiger partial charge in [0.25, 0.3) is 0 Å². The van der Waals surface area contributed by atoms with E-state index in [-0.39, 0.29) is 6.61 Å². The molecule has 1 aliphatic rings. The number of nitrogens with zero attached hydrogens (tertiary/aromatic N) is 4. The second-order valence-electron chi connectivity index (χ2n) is 5.04. The first-order chi connectivity index (χ1) is 10.7. The zero-order valence-corrected chi connectivity index (χ0v) is 14.2. The van der Waals surface area contributed by atoms with Gasteiger partial charge in [0.05, 0.1) is 11.0 Å². The third-order valence-electron chi connectivity index (χ3n) is 3.61. The molecule has 1 aromatic carbocycles. The standard InChI is InChI=1S/C14H16BrClN4O2/c15-11-7-10(16)1-2-12(11)22-6-5-19-3-4-20-13(8-19)17-18-14(20)9-21/h1-2,7,21H,3-6,8-9H2. The number of ether oxygens (including phenoxy) is 1. The van der Waals surface area contributed by atoms with Crippen molar-refractivity contribution in [1.29, 1.82) is 0 Å². The van der Waals surface area contributed by atoms with Crippen molar-refractivity contribution < 1.29 is 9.84 Å². The molecule has 0 saturated carbocycles. The number of halogens is 2. The fraction of sp³-hybridized carbons (Fsp3) is 0.429. The van der Waals surface area contributed by atoms with E-state index in [0.29, 0.717) is 17.5 Å². The van der Waals surface area contributed by atoms with E-state index < -0.39 is 0 Å². The Morgan fingerprint density at radius 3 is 2.95 bits per heavy atom. The number of hydrogen-bond acceptors (Lipinski definition) is 5. The molecule has 0 atom stereocenters. The lowest BCUT2D eigenvalue weighted by atomic mass is 10.3. The summed E-state index contributed by atoms with van der Waals surface area (Å²) in [6.45, 7) is 3.72. The molecule has 2 aromatic rings. The maximum Gasteiger partial charge on any atom is 0.158 e. The van der Waals surface area contributed by atoms with E-state index in [1.54, 1.807) is 6.07 Å². The molecule has 22 heavy (non-hydrogen) atoms. The molecule has 0 radical (unpaired) electrons. The molecule has 1 aromatic heterocycles. The molecule has 2 heterocycles. The van der Waals surface area contributed by atoms with Gasteiger partial charge in [-0.2, -0.15) is 0 Å². The zero-order valence-electron chi connectivity index (χ0n) is 11.9. The van der Waals surface area contributed by atoms with Crippen LogP contribution in [0.5, 0.6) is 5.75 Å². The minimum absolute atomic E-state index is 0.0687. The van der Waals surface area contributed by atoms with Crippen molar-refractivity contribution in [1.82, 2.24) is 19.7 Å². The molecule has 0 bridgehead atoms. The number of hydrogen-bond donors (Lipinski definition) is 1. The normalized spacial score (nSPS) is 14.9. The fourth-order valence-electron chi connectivity index (χ4n) is 2.45. The van der Waals surface area contributed by atoms with Crippen LogP contribution < -0.4 is 4.74 Å². The second-order valence-corrected chi connectivity index (χ2v) is 6.33. The molecule has 0 aliphatic carbocycles. The quantitative estimate of drug-likeness (QED) is 0.851. The van der Waals surface area contributed by atoms with Gasteiger partial charge in [-0.25, -0.2) is 0 Å². The van der Waals surface area contributed by atoms with Crippen LogP contribution in [0.1, 0.15) is 11.6 Å². The molecule has 0 amide bonds. The van der Waals surface area contributed by atoms with E-state index in [2.05, 4.69) is 31.0 Å². The van der Waals surface area contributed by atoms with Gasteiger partial charge in [0, 0.05) is 24.7 Å². The van der Waals surface area contributed by atoms with Crippen LogP contribution in [0.3, 0.4) is 0 Å². The van der Waals surface area contributed by atoms with Crippen molar-refractivity contribution in [2.24, 2.45) is 0 Å². The van der Waals surface area contributed by atoms with Crippen LogP contribution in [-0.4, -0.2) is 44.5 Å². The summed E-state index contributed by atoms with van der Waals surface area (Å²) in [7, 11) is 0. The Morgan fingerprint density at radius 1 is 1.32 bits per heavy atom. The SMILES string of the molecule is OCc1nnc2n1CCN(CCOc1ccc(Cl)cc1Br)C2. The van der Waals surface area contributed by atoms with Gasteiger partial charge in [0.2, 0.25) is 0 Å². The Morgan fingerprint density at radius 2 is 2.18 bits per heavy atom. The smallest absolute Gasteiger partial charge is 0.158 e. The van der Waals surface area contributed by atoms with E-state index >= 15 is 0 Å². The second kappa shape index (κ2) is 6.95. The van der Waals surface area contributed by atoms with Crippen LogP contribution in [0.2, 0.25) is 5.02 Å². The van der Waals surface area contributed by atoms with E-state index in [4.69, 9.17) is 16.3 Å². The average molecular weight is 388 g/mol. The van der Waals surface area contributed by atoms with Crippen molar-refractivity contribution in [3.8, 4) is 5.75 Å². The lowest BCUT2D eigenvalue weighted by molar-refractivity contribution is 0.170. The van der Waals surface area contributed by atoms with Crippen molar-refractivity contribution in [3.05, 3.63) is 39.3 Å². The summed E-state index contributed by atoms with van der Waals surface area (Å²) in [5.74, 6) is 2.31. The number of aromatic nitrogens is 3. The zero-order chi connectivity index (χ0) is 15.5. The largest absolute Gasteiger partial charge is 0.491 e. The highest BCUT2D eigenvalue weighted by molar-refractivity contribution is 9.10. The topological polar surface area (TPSA) is 63.4 Å². The first-order valence-electron chi connectivity index (χ1n) is 6.99. The average Bonchev–Trinajstić information content (AvgIpc) is 2.92. The van der Waals surface area contributed by atoms with Gasteiger partial charge in [-0.1, -0.05) is 11.6 Å². The van der Waals surface area contributed by atoms with Gasteiger partial charge in [0.15, 0.2) is 5.82 Å². The van der Waals surface area contributed by atoms with E-state index in [1.807, 2.05) is 16.7 Å². The van der Waals surface area contributed by atoms with Crippen molar-refractivity contribution in [2.75, 3.05) is 19.7 Å². The summed E-state index contributed by atoms with van der Waals surface area (Å²) in [5.41, 5.74) is 0. The summed E-state index contributed by atoms with van der Waals surface area (Å²) in [4.78, 5) is 2.26. The first-order valence-corrected chi connectivity index (χ1v) is 8.16. The van der Waals surface area contributed by atoms with Crippen LogP contribution in [0.15, 0.2) is 22.7 Å². The Kier molecular flexibility index (Phi) is 4.97. The van der Waals surface area contributed by atoms with Gasteiger partial charge >= 0.3 is 0 Å². The van der Waals surface area contributed by atoms with Crippen LogP contribution in [-0.2, 0) is 19.7 Å². The molecule has 8 heteroatoms. The van der Waals surface area contributed by atoms with Crippen LogP contribution in [0, 0.1) is 0 Å². The first kappa shape index (κ1) is 15.7. The van der Waals surface area contributed by atoms with Crippen LogP contribution in [0.25, 0.3) is 0 Å². The number of fused-ring (bicyclic) bond motifs is 1. The molecular formula is C14H16BrClN4O2. The Hall–Kier alpha value is -1.15. The summed E-state index contributed by atoms with van der Waals surface area (Å²) >= 11 is 9.34. The molecule has 3 rings (SSSR count). The fourth-order valence-corrected chi connectivity index (χ4v) is 3.25. The third-order valence-corrected chi connectivity index (χ3v) is 4.46. The maximum atomic E-state index is 9.19. The lowest BCUT2D eigenvalue weighted by Gasteiger charge is -2.27. The Labute approximate surface area is 141 Å². The molecule has 6 nitrogen and oxygen atoms in total. The van der Waals surface area contributed by atoms with Gasteiger partial charge in [-0.05, 0) is 34.1 Å². The van der Waals surface area contributed by atoms with Crippen molar-refractivity contribution in [3.63, 3.8) is 0 Å². The Balaban J connectivity index is 1.53. The summed E-state index contributed by atoms with van der Waals surface area (Å²) < 4.78 is 8.61. The Bertz CT molecular complexity index is 664. The van der Waals surface area contributed by atoms with Crippen molar-refractivity contribution >= 4 is 27.5 Å². The molecule has 0 spiro atoms. The number of benzene rings is 1. The predicted octanol–water partition coefficient (Wildman–Crippen LogP) is 2.08. The third kappa shape index (κ3) is 3.43.